The maximum Gasteiger partial charge on any atom is 0.264 e. The molecular weight excluding hydrogens is 605 g/mol. The molecule has 1 atom stereocenters. The number of sulfonamides is 1. The molecule has 0 aliphatic heterocycles. The highest BCUT2D eigenvalue weighted by Crippen LogP contribution is 2.31. The van der Waals surface area contributed by atoms with Gasteiger partial charge in [-0.15, -0.1) is 0 Å². The summed E-state index contributed by atoms with van der Waals surface area (Å²) < 4.78 is 28.9. The van der Waals surface area contributed by atoms with Crippen LogP contribution < -0.4 is 9.62 Å². The predicted molar refractivity (Wildman–Crippen MR) is 166 cm³/mol. The van der Waals surface area contributed by atoms with E-state index >= 15 is 0 Å². The fourth-order valence-electron chi connectivity index (χ4n) is 4.21. The van der Waals surface area contributed by atoms with E-state index in [9.17, 15) is 18.0 Å². The minimum atomic E-state index is -4.23. The second kappa shape index (κ2) is 13.5. The SMILES string of the molecule is CCC(C(=O)NC(C)(C)C)N(Cc1ccc(Cl)c(Cl)c1)C(=O)CN(c1ccccc1Cl)S(=O)(=O)c1ccc(C)cc1. The van der Waals surface area contributed by atoms with Gasteiger partial charge in [-0.3, -0.25) is 13.9 Å². The van der Waals surface area contributed by atoms with Crippen LogP contribution in [0.5, 0.6) is 0 Å². The smallest absolute Gasteiger partial charge is 0.264 e. The van der Waals surface area contributed by atoms with Crippen molar-refractivity contribution in [2.24, 2.45) is 0 Å². The number of anilines is 1. The summed E-state index contributed by atoms with van der Waals surface area (Å²) in [5.74, 6) is -0.957. The second-order valence-electron chi connectivity index (χ2n) is 10.7. The van der Waals surface area contributed by atoms with Crippen molar-refractivity contribution < 1.29 is 18.0 Å². The van der Waals surface area contributed by atoms with Gasteiger partial charge in [-0.1, -0.05) is 77.6 Å². The molecule has 2 amide bonds. The first-order chi connectivity index (χ1) is 19.1. The quantitative estimate of drug-likeness (QED) is 0.263. The molecule has 0 heterocycles. The van der Waals surface area contributed by atoms with E-state index in [0.29, 0.717) is 15.6 Å². The van der Waals surface area contributed by atoms with Crippen molar-refractivity contribution in [3.63, 3.8) is 0 Å². The van der Waals surface area contributed by atoms with Gasteiger partial charge >= 0.3 is 0 Å². The first kappa shape index (κ1) is 32.7. The van der Waals surface area contributed by atoms with Crippen molar-refractivity contribution in [2.75, 3.05) is 10.8 Å². The molecule has 0 radical (unpaired) electrons. The van der Waals surface area contributed by atoms with Gasteiger partial charge in [-0.05, 0) is 76.1 Å². The maximum absolute atomic E-state index is 14.1. The summed E-state index contributed by atoms with van der Waals surface area (Å²) in [4.78, 5) is 28.9. The molecule has 0 spiro atoms. The molecule has 0 saturated carbocycles. The molecule has 1 unspecified atom stereocenters. The number of rotatable bonds is 10. The van der Waals surface area contributed by atoms with E-state index < -0.39 is 34.1 Å². The number of carbonyl (C=O) groups is 2. The molecule has 1 N–H and O–H groups in total. The van der Waals surface area contributed by atoms with Crippen LogP contribution in [0, 0.1) is 6.92 Å². The Morgan fingerprint density at radius 3 is 2.10 bits per heavy atom. The zero-order valence-corrected chi connectivity index (χ0v) is 26.7. The molecule has 0 fully saturated rings. The van der Waals surface area contributed by atoms with Crippen molar-refractivity contribution in [2.45, 2.75) is 64.1 Å². The van der Waals surface area contributed by atoms with Crippen molar-refractivity contribution in [1.29, 1.82) is 0 Å². The van der Waals surface area contributed by atoms with E-state index in [1.54, 1.807) is 55.5 Å². The summed E-state index contributed by atoms with van der Waals surface area (Å²) in [5, 5.41) is 3.73. The van der Waals surface area contributed by atoms with Crippen LogP contribution in [-0.4, -0.2) is 43.3 Å². The molecule has 220 valence electrons. The molecule has 0 bridgehead atoms. The Kier molecular flexibility index (Phi) is 10.7. The van der Waals surface area contributed by atoms with Gasteiger partial charge in [0, 0.05) is 12.1 Å². The van der Waals surface area contributed by atoms with Gasteiger partial charge in [0.2, 0.25) is 11.8 Å². The number of nitrogens with one attached hydrogen (secondary N) is 1. The van der Waals surface area contributed by atoms with Crippen LogP contribution in [0.2, 0.25) is 15.1 Å². The van der Waals surface area contributed by atoms with Crippen LogP contribution in [0.1, 0.15) is 45.2 Å². The molecule has 0 aromatic heterocycles. The van der Waals surface area contributed by atoms with Gasteiger partial charge in [0.1, 0.15) is 12.6 Å². The van der Waals surface area contributed by atoms with Crippen molar-refractivity contribution in [1.82, 2.24) is 10.2 Å². The van der Waals surface area contributed by atoms with Gasteiger partial charge < -0.3 is 10.2 Å². The Labute approximate surface area is 257 Å². The van der Waals surface area contributed by atoms with Crippen LogP contribution in [0.15, 0.2) is 71.6 Å². The Morgan fingerprint density at radius 2 is 1.54 bits per heavy atom. The number of hydrogen-bond donors (Lipinski definition) is 1. The molecule has 3 aromatic rings. The standard InChI is InChI=1S/C30H34Cl3N3O4S/c1-6-26(29(38)34-30(3,4)5)35(18-21-13-16-23(31)25(33)17-21)28(37)19-36(27-10-8-7-9-24(27)32)41(39,40)22-14-11-20(2)12-15-22/h7-17,26H,6,18-19H2,1-5H3,(H,34,38). The van der Waals surface area contributed by atoms with E-state index in [2.05, 4.69) is 5.32 Å². The topological polar surface area (TPSA) is 86.8 Å². The highest BCUT2D eigenvalue weighted by molar-refractivity contribution is 7.92. The third-order valence-corrected chi connectivity index (χ3v) is 9.06. The number of halogens is 3. The summed E-state index contributed by atoms with van der Waals surface area (Å²) in [6.07, 6.45) is 0.284. The fourth-order valence-corrected chi connectivity index (χ4v) is 6.25. The lowest BCUT2D eigenvalue weighted by Crippen LogP contribution is -2.55. The molecule has 0 aliphatic carbocycles. The first-order valence-electron chi connectivity index (χ1n) is 13.0. The minimum absolute atomic E-state index is 0.00405. The summed E-state index contributed by atoms with van der Waals surface area (Å²) in [6, 6.07) is 16.8. The molecule has 3 aromatic carbocycles. The van der Waals surface area contributed by atoms with Crippen LogP contribution in [0.3, 0.4) is 0 Å². The summed E-state index contributed by atoms with van der Waals surface area (Å²) in [6.45, 7) is 8.56. The minimum Gasteiger partial charge on any atom is -0.350 e. The monoisotopic (exact) mass is 637 g/mol. The Hall–Kier alpha value is -2.78. The van der Waals surface area contributed by atoms with Gasteiger partial charge in [0.25, 0.3) is 10.0 Å². The largest absolute Gasteiger partial charge is 0.350 e. The normalized spacial score (nSPS) is 12.5. The average molecular weight is 639 g/mol. The number of aryl methyl sites for hydroxylation is 1. The van der Waals surface area contributed by atoms with E-state index in [1.807, 2.05) is 27.7 Å². The van der Waals surface area contributed by atoms with Gasteiger partial charge in [-0.25, -0.2) is 8.42 Å². The molecule has 3 rings (SSSR count). The highest BCUT2D eigenvalue weighted by Gasteiger charge is 2.35. The number of para-hydroxylation sites is 1. The lowest BCUT2D eigenvalue weighted by Gasteiger charge is -2.35. The Balaban J connectivity index is 2.10. The Morgan fingerprint density at radius 1 is 0.902 bits per heavy atom. The van der Waals surface area contributed by atoms with Crippen LogP contribution in [-0.2, 0) is 26.2 Å². The molecular formula is C30H34Cl3N3O4S. The fraction of sp³-hybridized carbons (Fsp3) is 0.333. The zero-order valence-electron chi connectivity index (χ0n) is 23.6. The number of carbonyl (C=O) groups excluding carboxylic acids is 2. The third-order valence-electron chi connectivity index (χ3n) is 6.23. The second-order valence-corrected chi connectivity index (χ2v) is 13.8. The number of amides is 2. The number of hydrogen-bond acceptors (Lipinski definition) is 4. The molecule has 11 heteroatoms. The first-order valence-corrected chi connectivity index (χ1v) is 15.6. The number of nitrogens with zero attached hydrogens (tertiary/aromatic N) is 2. The Bertz CT molecular complexity index is 1510. The lowest BCUT2D eigenvalue weighted by atomic mass is 10.1. The van der Waals surface area contributed by atoms with Crippen molar-refractivity contribution in [3.05, 3.63) is 92.9 Å². The van der Waals surface area contributed by atoms with Crippen LogP contribution >= 0.6 is 34.8 Å². The van der Waals surface area contributed by atoms with E-state index in [1.165, 1.54) is 23.1 Å². The average Bonchev–Trinajstić information content (AvgIpc) is 2.88. The van der Waals surface area contributed by atoms with Crippen molar-refractivity contribution in [3.8, 4) is 0 Å². The third kappa shape index (κ3) is 8.38. The predicted octanol–water partition coefficient (Wildman–Crippen LogP) is 6.87. The lowest BCUT2D eigenvalue weighted by molar-refractivity contribution is -0.141. The molecule has 7 nitrogen and oxygen atoms in total. The zero-order chi connectivity index (χ0) is 30.5. The van der Waals surface area contributed by atoms with Gasteiger partial charge in [0.05, 0.1) is 25.7 Å². The highest BCUT2D eigenvalue weighted by atomic mass is 35.5. The van der Waals surface area contributed by atoms with E-state index in [0.717, 1.165) is 9.87 Å². The summed E-state index contributed by atoms with van der Waals surface area (Å²) in [7, 11) is -4.23. The van der Waals surface area contributed by atoms with Gasteiger partial charge in [-0.2, -0.15) is 0 Å². The molecule has 41 heavy (non-hydrogen) atoms. The van der Waals surface area contributed by atoms with E-state index in [-0.39, 0.29) is 34.5 Å². The summed E-state index contributed by atoms with van der Waals surface area (Å²) in [5.41, 5.74) is 1.10. The number of benzene rings is 3. The molecule has 0 aliphatic rings. The van der Waals surface area contributed by atoms with Gasteiger partial charge in [0.15, 0.2) is 0 Å². The van der Waals surface area contributed by atoms with Crippen LogP contribution in [0.4, 0.5) is 5.69 Å². The van der Waals surface area contributed by atoms with E-state index in [4.69, 9.17) is 34.8 Å². The maximum atomic E-state index is 14.1. The molecule has 0 saturated heterocycles. The van der Waals surface area contributed by atoms with Crippen molar-refractivity contribution >= 4 is 62.3 Å². The summed E-state index contributed by atoms with van der Waals surface area (Å²) >= 11 is 18.8. The van der Waals surface area contributed by atoms with Crippen LogP contribution in [0.25, 0.3) is 0 Å².